The van der Waals surface area contributed by atoms with Crippen molar-refractivity contribution in [3.63, 3.8) is 0 Å². The fourth-order valence-corrected chi connectivity index (χ4v) is 12.3. The predicted molar refractivity (Wildman–Crippen MR) is 421 cm³/mol. The zero-order valence-electron chi connectivity index (χ0n) is 63.2. The monoisotopic (exact) mass is 1580 g/mol. The lowest BCUT2D eigenvalue weighted by Crippen LogP contribution is -2.19. The van der Waals surface area contributed by atoms with E-state index in [0.29, 0.717) is 71.8 Å². The van der Waals surface area contributed by atoms with Crippen molar-refractivity contribution >= 4 is 36.2 Å². The first-order chi connectivity index (χ1) is 54.9. The normalized spacial score (nSPS) is 10.8. The highest BCUT2D eigenvalue weighted by Gasteiger charge is 2.41. The van der Waals surface area contributed by atoms with Crippen LogP contribution in [-0.2, 0) is 35.3 Å². The molecule has 0 radical (unpaired) electrons. The zero-order chi connectivity index (χ0) is 83.6. The number of ether oxygens (including phenoxy) is 2. The summed E-state index contributed by atoms with van der Waals surface area (Å²) in [6, 6.07) is 61.6. The van der Waals surface area contributed by atoms with Crippen LogP contribution < -0.4 is 0 Å². The molecule has 0 unspecified atom stereocenters. The number of allylic oxidation sites excluding steroid dienone is 1. The number of nitrogens with zero attached hydrogens (tertiary/aromatic N) is 4. The summed E-state index contributed by atoms with van der Waals surface area (Å²) in [4.78, 5) is 70.7. The third kappa shape index (κ3) is 23.8. The summed E-state index contributed by atoms with van der Waals surface area (Å²) < 4.78 is 133. The number of nitrogens with one attached hydrogen (secondary N) is 1. The number of hydrogen-bond acceptors (Lipinski definition) is 9. The number of alkyl halides is 3. The van der Waals surface area contributed by atoms with Crippen molar-refractivity contribution in [1.29, 1.82) is 0 Å². The standard InChI is InChI=1S/C21H20FNO2.C20H15F4NO2.C19H16FNO2.C14H14FNO2.C9H8FNO2.C7H5FO/c1-3-25-21(24)20-19(17-9-11-18(22)12-10-17)15(2)13-23(20)14-16-7-5-4-6-8-16;1-12-16(14-7-9-15(21)10-8-14)17(19(26)27)25(18(12)20(22,23)24)11-13-5-3-2-4-6-13;1-13-11-21(12-14-5-3-2-4-6-14)18(19(22)23)17(13)15-7-9-16(20)10-8-15;1-3-18-14(17)13-12(9(2)8-16-13)10-4-6-11(15)7-5-10;1-7(11(12)13)6-8-2-4-9(10)5-3-8;8-7-3-1-6(5-9)2-4-7/h4-13H,3,14H2,1-2H3;2-10H,11H2,1H3,(H,26,27);2-11H,12H2,1H3,(H,22,23);4-8,16H,3H2,1-2H3;2-6H,1H3;1-5H/b;;;;7-6+;. The Morgan fingerprint density at radius 1 is 0.452 bits per heavy atom. The summed E-state index contributed by atoms with van der Waals surface area (Å²) in [7, 11) is 0. The van der Waals surface area contributed by atoms with Gasteiger partial charge in [-0.15, -0.1) is 0 Å². The number of esters is 2. The van der Waals surface area contributed by atoms with Crippen LogP contribution in [0.15, 0.2) is 261 Å². The van der Waals surface area contributed by atoms with Gasteiger partial charge < -0.3 is 38.4 Å². The van der Waals surface area contributed by atoms with E-state index in [1.54, 1.807) is 91.3 Å². The highest BCUT2D eigenvalue weighted by Crippen LogP contribution is 2.42. The number of benzene rings is 9. The van der Waals surface area contributed by atoms with Crippen molar-refractivity contribution in [1.82, 2.24) is 18.7 Å². The van der Waals surface area contributed by atoms with E-state index >= 15 is 0 Å². The molecule has 0 saturated carbocycles. The minimum atomic E-state index is -4.75. The molecule has 4 heterocycles. The molecule has 0 aliphatic rings. The second-order valence-corrected chi connectivity index (χ2v) is 25.6. The van der Waals surface area contributed by atoms with Crippen LogP contribution in [0.5, 0.6) is 0 Å². The molecule has 592 valence electrons. The van der Waals surface area contributed by atoms with E-state index in [0.717, 1.165) is 66.8 Å². The van der Waals surface area contributed by atoms with E-state index in [-0.39, 0.29) is 69.7 Å². The quantitative estimate of drug-likeness (QED) is 0.0227. The van der Waals surface area contributed by atoms with Gasteiger partial charge in [0.2, 0.25) is 5.70 Å². The van der Waals surface area contributed by atoms with Gasteiger partial charge in [-0.05, 0) is 193 Å². The van der Waals surface area contributed by atoms with E-state index in [1.807, 2.05) is 98.4 Å². The molecule has 25 heteroatoms. The number of aromatic nitrogens is 4. The minimum absolute atomic E-state index is 0.0339. The van der Waals surface area contributed by atoms with Crippen LogP contribution in [0.3, 0.4) is 0 Å². The maximum Gasteiger partial charge on any atom is 0.431 e. The molecule has 9 aromatic carbocycles. The first-order valence-corrected chi connectivity index (χ1v) is 35.5. The number of hydrogen-bond donors (Lipinski definition) is 3. The largest absolute Gasteiger partial charge is 0.477 e. The maximum atomic E-state index is 13.8. The van der Waals surface area contributed by atoms with E-state index in [2.05, 4.69) is 4.98 Å². The highest BCUT2D eigenvalue weighted by molar-refractivity contribution is 5.99. The van der Waals surface area contributed by atoms with E-state index < -0.39 is 46.2 Å². The number of carboxylic acids is 2. The van der Waals surface area contributed by atoms with Crippen molar-refractivity contribution in [2.24, 2.45) is 0 Å². The van der Waals surface area contributed by atoms with Gasteiger partial charge in [-0.2, -0.15) is 13.2 Å². The van der Waals surface area contributed by atoms with E-state index in [4.69, 9.17) is 9.47 Å². The van der Waals surface area contributed by atoms with E-state index in [9.17, 15) is 83.8 Å². The van der Waals surface area contributed by atoms with Crippen LogP contribution in [0.2, 0.25) is 0 Å². The molecule has 13 aromatic rings. The smallest absolute Gasteiger partial charge is 0.431 e. The topological polar surface area (TPSA) is 218 Å². The van der Waals surface area contributed by atoms with Crippen LogP contribution in [-0.4, -0.2) is 77.2 Å². The molecular formula is C90H78F9N5O11. The molecule has 0 saturated heterocycles. The molecule has 16 nitrogen and oxygen atoms in total. The molecule has 0 fully saturated rings. The second-order valence-electron chi connectivity index (χ2n) is 25.6. The van der Waals surface area contributed by atoms with Crippen LogP contribution in [0.25, 0.3) is 50.6 Å². The number of aldehydes is 1. The molecule has 0 bridgehead atoms. The number of carbonyl (C=O) groups excluding carboxylic acids is 3. The molecule has 13 rings (SSSR count). The number of carbonyl (C=O) groups is 5. The Balaban J connectivity index is 0.000000178. The van der Waals surface area contributed by atoms with E-state index in [1.165, 1.54) is 117 Å². The van der Waals surface area contributed by atoms with Gasteiger partial charge in [-0.1, -0.05) is 152 Å². The summed E-state index contributed by atoms with van der Waals surface area (Å²) in [5.74, 6) is -5.42. The third-order valence-electron chi connectivity index (χ3n) is 17.4. The van der Waals surface area contributed by atoms with Gasteiger partial charge in [-0.25, -0.2) is 45.5 Å². The lowest BCUT2D eigenvalue weighted by atomic mass is 10.0. The average molecular weight is 1580 g/mol. The van der Waals surface area contributed by atoms with Gasteiger partial charge in [0, 0.05) is 79.0 Å². The Morgan fingerprint density at radius 3 is 1.16 bits per heavy atom. The van der Waals surface area contributed by atoms with Crippen LogP contribution in [0.1, 0.15) is 123 Å². The molecule has 3 N–H and O–H groups in total. The van der Waals surface area contributed by atoms with Crippen molar-refractivity contribution in [3.05, 3.63) is 384 Å². The number of rotatable bonds is 19. The zero-order valence-corrected chi connectivity index (χ0v) is 63.2. The Kier molecular flexibility index (Phi) is 30.9. The van der Waals surface area contributed by atoms with Gasteiger partial charge in [0.15, 0.2) is 0 Å². The van der Waals surface area contributed by atoms with Crippen LogP contribution >= 0.6 is 0 Å². The van der Waals surface area contributed by atoms with Crippen molar-refractivity contribution in [2.75, 3.05) is 13.2 Å². The van der Waals surface area contributed by atoms with Crippen LogP contribution in [0.4, 0.5) is 39.5 Å². The average Bonchev–Trinajstić information content (AvgIpc) is 1.59. The van der Waals surface area contributed by atoms with Crippen molar-refractivity contribution < 1.29 is 88.1 Å². The number of aryl methyl sites for hydroxylation is 3. The molecule has 0 amide bonds. The van der Waals surface area contributed by atoms with Gasteiger partial charge >= 0.3 is 30.1 Å². The molecule has 0 atom stereocenters. The third-order valence-corrected chi connectivity index (χ3v) is 17.4. The lowest BCUT2D eigenvalue weighted by molar-refractivity contribution is -0.422. The fraction of sp³-hybridized carbons (Fsp3) is 0.144. The predicted octanol–water partition coefficient (Wildman–Crippen LogP) is 22.0. The van der Waals surface area contributed by atoms with Gasteiger partial charge in [0.25, 0.3) is 0 Å². The Hall–Kier alpha value is -13.8. The Morgan fingerprint density at radius 2 is 0.791 bits per heavy atom. The van der Waals surface area contributed by atoms with Gasteiger partial charge in [0.1, 0.15) is 69.7 Å². The SMILES string of the molecule is C/C(=C\c1ccc(F)cc1)[N+](=O)[O-].CCOC(=O)c1[nH]cc(C)c1-c1ccc(F)cc1.CCOC(=O)c1c(-c2ccc(F)cc2)c(C)cn1Cc1ccccc1.Cc1c(-c2ccc(F)cc2)c(C(=O)O)n(Cc2ccccc2)c1C(F)(F)F.Cc1cn(Cc2ccccc2)c(C(=O)O)c1-c1ccc(F)cc1.O=Cc1ccc(F)cc1. The summed E-state index contributed by atoms with van der Waals surface area (Å²) in [6.45, 7) is 13.3. The Labute approximate surface area is 656 Å². The lowest BCUT2D eigenvalue weighted by Gasteiger charge is -2.15. The summed E-state index contributed by atoms with van der Waals surface area (Å²) in [5.41, 5.74) is 10.6. The van der Waals surface area contributed by atoms with Crippen molar-refractivity contribution in [2.45, 2.75) is 74.3 Å². The minimum Gasteiger partial charge on any atom is -0.477 e. The molecule has 0 spiro atoms. The molecule has 0 aliphatic heterocycles. The highest BCUT2D eigenvalue weighted by atomic mass is 19.4. The van der Waals surface area contributed by atoms with Crippen molar-refractivity contribution in [3.8, 4) is 44.5 Å². The van der Waals surface area contributed by atoms with Gasteiger partial charge in [-0.3, -0.25) is 14.9 Å². The number of carboxylic acid groups (broad SMARTS) is 2. The number of aromatic amines is 1. The Bertz CT molecular complexity index is 5470. The summed E-state index contributed by atoms with van der Waals surface area (Å²) in [5, 5.41) is 29.6. The first kappa shape index (κ1) is 86.7. The number of nitro groups is 1. The first-order valence-electron chi connectivity index (χ1n) is 35.5. The van der Waals surface area contributed by atoms with Crippen LogP contribution in [0, 0.1) is 72.7 Å². The molecule has 4 aromatic heterocycles. The number of H-pyrrole nitrogens is 1. The summed E-state index contributed by atoms with van der Waals surface area (Å²) >= 11 is 0. The van der Waals surface area contributed by atoms with Gasteiger partial charge in [0.05, 0.1) is 18.1 Å². The molecule has 0 aliphatic carbocycles. The summed E-state index contributed by atoms with van der Waals surface area (Å²) in [6.07, 6.45) is 2.83. The molecule has 115 heavy (non-hydrogen) atoms. The molecular weight excluding hydrogens is 1500 g/mol. The number of aromatic carboxylic acids is 2. The fourth-order valence-electron chi connectivity index (χ4n) is 12.3. The maximum absolute atomic E-state index is 13.8. The number of halogens is 9. The second kappa shape index (κ2) is 40.9.